The number of aryl methyl sites for hydroxylation is 1. The van der Waals surface area contributed by atoms with E-state index in [9.17, 15) is 9.59 Å². The van der Waals surface area contributed by atoms with E-state index >= 15 is 0 Å². The molecule has 1 rings (SSSR count). The molecule has 0 aliphatic carbocycles. The number of carbonyl (C=O) groups is 2. The zero-order valence-corrected chi connectivity index (χ0v) is 11.4. The van der Waals surface area contributed by atoms with Gasteiger partial charge in [0.2, 0.25) is 0 Å². The summed E-state index contributed by atoms with van der Waals surface area (Å²) in [6.07, 6.45) is 1.67. The van der Waals surface area contributed by atoms with E-state index < -0.39 is 17.9 Å². The number of aromatic nitrogens is 1. The summed E-state index contributed by atoms with van der Waals surface area (Å²) in [6.45, 7) is 5.74. The molecule has 6 heteroatoms. The molecule has 2 unspecified atom stereocenters. The van der Waals surface area contributed by atoms with Crippen LogP contribution in [-0.4, -0.2) is 27.6 Å². The summed E-state index contributed by atoms with van der Waals surface area (Å²) in [5.74, 6) is -1.90. The van der Waals surface area contributed by atoms with Crippen molar-refractivity contribution in [2.24, 2.45) is 5.92 Å². The van der Waals surface area contributed by atoms with Gasteiger partial charge in [0.25, 0.3) is 5.91 Å². The number of carbonyl (C=O) groups excluding carboxylic acids is 1. The minimum absolute atomic E-state index is 0.315. The van der Waals surface area contributed by atoms with Crippen LogP contribution in [0.4, 0.5) is 0 Å². The average molecular weight is 273 g/mol. The van der Waals surface area contributed by atoms with Crippen LogP contribution in [0, 0.1) is 5.92 Å². The Kier molecular flexibility index (Phi) is 4.78. The first-order chi connectivity index (χ1) is 8.36. The van der Waals surface area contributed by atoms with Gasteiger partial charge in [-0.3, -0.25) is 9.59 Å². The van der Waals surface area contributed by atoms with Crippen LogP contribution < -0.4 is 5.32 Å². The van der Waals surface area contributed by atoms with Crippen molar-refractivity contribution in [1.29, 1.82) is 0 Å². The Morgan fingerprint density at radius 1 is 1.50 bits per heavy atom. The van der Waals surface area contributed by atoms with Crippen LogP contribution in [0.5, 0.6) is 0 Å². The first-order valence-corrected chi connectivity index (χ1v) is 6.14. The van der Waals surface area contributed by atoms with Crippen LogP contribution in [0.3, 0.4) is 0 Å². The zero-order valence-electron chi connectivity index (χ0n) is 10.6. The lowest BCUT2D eigenvalue weighted by molar-refractivity contribution is -0.141. The van der Waals surface area contributed by atoms with Crippen molar-refractivity contribution in [1.82, 2.24) is 9.88 Å². The topological polar surface area (TPSA) is 71.3 Å². The lowest BCUT2D eigenvalue weighted by Gasteiger charge is -2.18. The average Bonchev–Trinajstić information content (AvgIpc) is 2.69. The van der Waals surface area contributed by atoms with Crippen LogP contribution in [0.2, 0.25) is 5.02 Å². The van der Waals surface area contributed by atoms with Crippen molar-refractivity contribution in [3.05, 3.63) is 23.0 Å². The van der Waals surface area contributed by atoms with E-state index in [0.717, 1.165) is 0 Å². The lowest BCUT2D eigenvalue weighted by atomic mass is 10.0. The molecular formula is C12H17ClN2O3. The van der Waals surface area contributed by atoms with Gasteiger partial charge in [-0.2, -0.15) is 0 Å². The van der Waals surface area contributed by atoms with Gasteiger partial charge in [0.05, 0.1) is 10.9 Å². The van der Waals surface area contributed by atoms with Crippen molar-refractivity contribution in [3.8, 4) is 0 Å². The Morgan fingerprint density at radius 2 is 2.11 bits per heavy atom. The van der Waals surface area contributed by atoms with E-state index in [1.54, 1.807) is 30.7 Å². The van der Waals surface area contributed by atoms with Crippen molar-refractivity contribution < 1.29 is 14.7 Å². The third-order valence-corrected chi connectivity index (χ3v) is 3.14. The predicted octanol–water partition coefficient (Wildman–Crippen LogP) is 2.00. The Morgan fingerprint density at radius 3 is 2.61 bits per heavy atom. The van der Waals surface area contributed by atoms with Gasteiger partial charge in [0.15, 0.2) is 0 Å². The molecule has 0 radical (unpaired) electrons. The number of hydrogen-bond acceptors (Lipinski definition) is 2. The molecule has 0 fully saturated rings. The number of nitrogens with one attached hydrogen (secondary N) is 1. The molecule has 1 aromatic rings. The second-order valence-electron chi connectivity index (χ2n) is 4.22. The Hall–Kier alpha value is -1.49. The lowest BCUT2D eigenvalue weighted by Crippen LogP contribution is -2.40. The minimum Gasteiger partial charge on any atom is -0.481 e. The molecular weight excluding hydrogens is 256 g/mol. The van der Waals surface area contributed by atoms with E-state index in [1.165, 1.54) is 0 Å². The maximum absolute atomic E-state index is 12.0. The minimum atomic E-state index is -0.938. The van der Waals surface area contributed by atoms with Crippen LogP contribution in [0.1, 0.15) is 31.3 Å². The van der Waals surface area contributed by atoms with E-state index in [-0.39, 0.29) is 5.91 Å². The quantitative estimate of drug-likeness (QED) is 0.861. The number of rotatable bonds is 5. The van der Waals surface area contributed by atoms with Gasteiger partial charge in [-0.1, -0.05) is 11.6 Å². The van der Waals surface area contributed by atoms with Crippen LogP contribution >= 0.6 is 11.6 Å². The highest BCUT2D eigenvalue weighted by Crippen LogP contribution is 2.14. The number of aliphatic carboxylic acids is 1. The maximum Gasteiger partial charge on any atom is 0.308 e. The summed E-state index contributed by atoms with van der Waals surface area (Å²) < 4.78 is 1.72. The van der Waals surface area contributed by atoms with E-state index in [0.29, 0.717) is 17.3 Å². The molecule has 0 saturated carbocycles. The van der Waals surface area contributed by atoms with E-state index in [2.05, 4.69) is 5.32 Å². The summed E-state index contributed by atoms with van der Waals surface area (Å²) in [4.78, 5) is 22.8. The van der Waals surface area contributed by atoms with Gasteiger partial charge in [-0.05, 0) is 26.8 Å². The molecule has 0 saturated heterocycles. The van der Waals surface area contributed by atoms with Gasteiger partial charge in [-0.15, -0.1) is 0 Å². The van der Waals surface area contributed by atoms with Crippen LogP contribution in [-0.2, 0) is 11.3 Å². The zero-order chi connectivity index (χ0) is 13.9. The largest absolute Gasteiger partial charge is 0.481 e. The second kappa shape index (κ2) is 5.91. The van der Waals surface area contributed by atoms with Crippen molar-refractivity contribution >= 4 is 23.5 Å². The van der Waals surface area contributed by atoms with Crippen molar-refractivity contribution in [2.45, 2.75) is 33.4 Å². The molecule has 2 atom stereocenters. The fourth-order valence-corrected chi connectivity index (χ4v) is 1.77. The predicted molar refractivity (Wildman–Crippen MR) is 68.8 cm³/mol. The van der Waals surface area contributed by atoms with Crippen molar-refractivity contribution in [3.63, 3.8) is 0 Å². The molecule has 1 amide bonds. The van der Waals surface area contributed by atoms with Gasteiger partial charge in [0.1, 0.15) is 5.69 Å². The molecule has 0 aliphatic heterocycles. The summed E-state index contributed by atoms with van der Waals surface area (Å²) in [6, 6.07) is 1.12. The van der Waals surface area contributed by atoms with Crippen LogP contribution in [0.15, 0.2) is 12.3 Å². The normalized spacial score (nSPS) is 14.0. The number of hydrogen-bond donors (Lipinski definition) is 2. The molecule has 2 N–H and O–H groups in total. The van der Waals surface area contributed by atoms with Crippen molar-refractivity contribution in [2.75, 3.05) is 0 Å². The van der Waals surface area contributed by atoms with Crippen LogP contribution in [0.25, 0.3) is 0 Å². The summed E-state index contributed by atoms with van der Waals surface area (Å²) in [7, 11) is 0. The summed E-state index contributed by atoms with van der Waals surface area (Å²) in [5, 5.41) is 12.0. The fraction of sp³-hybridized carbons (Fsp3) is 0.500. The summed E-state index contributed by atoms with van der Waals surface area (Å²) >= 11 is 5.84. The fourth-order valence-electron chi connectivity index (χ4n) is 1.55. The highest BCUT2D eigenvalue weighted by molar-refractivity contribution is 6.31. The molecule has 1 aromatic heterocycles. The number of halogens is 1. The molecule has 0 spiro atoms. The number of carboxylic acids is 1. The van der Waals surface area contributed by atoms with Gasteiger partial charge >= 0.3 is 5.97 Å². The second-order valence-corrected chi connectivity index (χ2v) is 4.66. The summed E-state index contributed by atoms with van der Waals surface area (Å²) in [5.41, 5.74) is 0.437. The van der Waals surface area contributed by atoms with Gasteiger partial charge in [-0.25, -0.2) is 0 Å². The first-order valence-electron chi connectivity index (χ1n) is 5.76. The first kappa shape index (κ1) is 14.6. The Balaban J connectivity index is 2.79. The molecule has 18 heavy (non-hydrogen) atoms. The standard InChI is InChI=1S/C12H17ClN2O3/c1-4-15-6-9(13)5-10(15)11(16)14-8(3)7(2)12(17)18/h5-8H,4H2,1-3H3,(H,14,16)(H,17,18). The number of amides is 1. The SMILES string of the molecule is CCn1cc(Cl)cc1C(=O)NC(C)C(C)C(=O)O. The Labute approximate surface area is 111 Å². The molecule has 0 aromatic carbocycles. The third kappa shape index (κ3) is 3.26. The van der Waals surface area contributed by atoms with Gasteiger partial charge < -0.3 is 15.0 Å². The monoisotopic (exact) mass is 272 g/mol. The number of carboxylic acid groups (broad SMARTS) is 1. The highest BCUT2D eigenvalue weighted by atomic mass is 35.5. The maximum atomic E-state index is 12.0. The van der Waals surface area contributed by atoms with Gasteiger partial charge in [0, 0.05) is 18.8 Å². The molecule has 0 bridgehead atoms. The smallest absolute Gasteiger partial charge is 0.308 e. The van der Waals surface area contributed by atoms with E-state index in [4.69, 9.17) is 16.7 Å². The Bertz CT molecular complexity index is 456. The highest BCUT2D eigenvalue weighted by Gasteiger charge is 2.22. The molecule has 1 heterocycles. The molecule has 0 aliphatic rings. The number of nitrogens with zero attached hydrogens (tertiary/aromatic N) is 1. The third-order valence-electron chi connectivity index (χ3n) is 2.93. The molecule has 100 valence electrons. The van der Waals surface area contributed by atoms with E-state index in [1.807, 2.05) is 6.92 Å². The molecule has 5 nitrogen and oxygen atoms in total.